The van der Waals surface area contributed by atoms with Crippen molar-refractivity contribution in [2.75, 3.05) is 19.7 Å². The number of carbonyl (C=O) groups is 1. The number of nitrogens with zero attached hydrogens (tertiary/aromatic N) is 2. The molecule has 16 heavy (non-hydrogen) atoms. The van der Waals surface area contributed by atoms with Crippen molar-refractivity contribution in [3.05, 3.63) is 16.6 Å². The summed E-state index contributed by atoms with van der Waals surface area (Å²) in [6.45, 7) is 1.42. The Morgan fingerprint density at radius 2 is 2.56 bits per heavy atom. The van der Waals surface area contributed by atoms with Crippen LogP contribution in [-0.2, 0) is 4.74 Å². The van der Waals surface area contributed by atoms with E-state index < -0.39 is 0 Å². The van der Waals surface area contributed by atoms with Gasteiger partial charge in [-0.3, -0.25) is 4.79 Å². The van der Waals surface area contributed by atoms with Crippen LogP contribution in [0.2, 0.25) is 0 Å². The Balaban J connectivity index is 2.05. The van der Waals surface area contributed by atoms with Crippen molar-refractivity contribution < 1.29 is 9.53 Å². The monoisotopic (exact) mass is 257 g/mol. The quantitative estimate of drug-likeness (QED) is 0.770. The van der Waals surface area contributed by atoms with E-state index in [0.717, 1.165) is 0 Å². The maximum Gasteiger partial charge on any atom is 0.273 e. The molecule has 0 saturated carbocycles. The van der Waals surface area contributed by atoms with Crippen LogP contribution in [0, 0.1) is 0 Å². The van der Waals surface area contributed by atoms with E-state index in [1.807, 2.05) is 0 Å². The molecule has 2 N–H and O–H groups in total. The second kappa shape index (κ2) is 4.86. The zero-order chi connectivity index (χ0) is 11.5. The van der Waals surface area contributed by atoms with Gasteiger partial charge < -0.3 is 15.4 Å². The predicted octanol–water partition coefficient (Wildman–Crippen LogP) is 0.270. The van der Waals surface area contributed by atoms with Crippen LogP contribution in [0.15, 0.2) is 10.9 Å². The molecule has 0 aliphatic carbocycles. The summed E-state index contributed by atoms with van der Waals surface area (Å²) in [5.41, 5.74) is 7.61. The topological polar surface area (TPSA) is 68.5 Å². The van der Waals surface area contributed by atoms with Gasteiger partial charge in [-0.25, -0.2) is 4.98 Å². The molecular weight excluding hydrogens is 246 g/mol. The normalized spacial score (nSPS) is 20.8. The van der Waals surface area contributed by atoms with E-state index >= 15 is 0 Å². The van der Waals surface area contributed by atoms with Crippen molar-refractivity contribution in [1.82, 2.24) is 9.88 Å². The van der Waals surface area contributed by atoms with Crippen molar-refractivity contribution >= 4 is 34.5 Å². The maximum atomic E-state index is 12.0. The van der Waals surface area contributed by atoms with Gasteiger partial charge in [-0.15, -0.1) is 11.3 Å². The molecule has 1 aliphatic heterocycles. The van der Waals surface area contributed by atoms with E-state index in [-0.39, 0.29) is 17.0 Å². The number of carbonyl (C=O) groups excluding carboxylic acids is 1. The van der Waals surface area contributed by atoms with E-state index in [4.69, 9.17) is 22.7 Å². The Hall–Kier alpha value is -1.05. The summed E-state index contributed by atoms with van der Waals surface area (Å²) in [4.78, 5) is 17.9. The minimum Gasteiger partial charge on any atom is -0.391 e. The standard InChI is InChI=1S/C9H11N3O2S2/c10-8(15)7-3-12(1-2-14-7)9(13)6-4-16-5-11-6/h4-5,7H,1-3H2,(H2,10,15). The lowest BCUT2D eigenvalue weighted by Crippen LogP contribution is -2.50. The SMILES string of the molecule is NC(=S)C1CN(C(=O)c2cscn2)CCO1. The van der Waals surface area contributed by atoms with Gasteiger partial charge in [0, 0.05) is 11.9 Å². The lowest BCUT2D eigenvalue weighted by atomic mass is 10.2. The Bertz CT molecular complexity index is 393. The number of rotatable bonds is 2. The number of hydrogen-bond acceptors (Lipinski definition) is 5. The highest BCUT2D eigenvalue weighted by molar-refractivity contribution is 7.80. The highest BCUT2D eigenvalue weighted by atomic mass is 32.1. The number of hydrogen-bond donors (Lipinski definition) is 1. The van der Waals surface area contributed by atoms with Crippen LogP contribution in [-0.4, -0.2) is 46.6 Å². The van der Waals surface area contributed by atoms with Crippen LogP contribution in [0.5, 0.6) is 0 Å². The number of morpholine rings is 1. The van der Waals surface area contributed by atoms with E-state index in [0.29, 0.717) is 25.4 Å². The first-order chi connectivity index (χ1) is 7.68. The molecule has 0 aromatic carbocycles. The molecule has 2 rings (SSSR count). The van der Waals surface area contributed by atoms with Crippen molar-refractivity contribution in [1.29, 1.82) is 0 Å². The summed E-state index contributed by atoms with van der Waals surface area (Å²) in [6.07, 6.45) is -0.341. The average Bonchev–Trinajstić information content (AvgIpc) is 2.81. The third-order valence-corrected chi connectivity index (χ3v) is 3.17. The van der Waals surface area contributed by atoms with Gasteiger partial charge in [0.05, 0.1) is 18.7 Å². The number of ether oxygens (including phenoxy) is 1. The molecule has 1 amide bonds. The molecule has 1 aromatic heterocycles. The van der Waals surface area contributed by atoms with Crippen LogP contribution in [0.25, 0.3) is 0 Å². The van der Waals surface area contributed by atoms with Crippen LogP contribution in [0.4, 0.5) is 0 Å². The summed E-state index contributed by atoms with van der Waals surface area (Å²) < 4.78 is 5.36. The van der Waals surface area contributed by atoms with Gasteiger partial charge in [-0.1, -0.05) is 12.2 Å². The van der Waals surface area contributed by atoms with E-state index in [2.05, 4.69) is 4.98 Å². The molecule has 7 heteroatoms. The first-order valence-corrected chi connectivity index (χ1v) is 6.12. The van der Waals surface area contributed by atoms with Gasteiger partial charge in [-0.2, -0.15) is 0 Å². The molecule has 0 radical (unpaired) electrons. The molecule has 1 aromatic rings. The van der Waals surface area contributed by atoms with Crippen LogP contribution in [0.1, 0.15) is 10.5 Å². The molecule has 0 spiro atoms. The molecule has 1 atom stereocenters. The van der Waals surface area contributed by atoms with Gasteiger partial charge >= 0.3 is 0 Å². The Kier molecular flexibility index (Phi) is 3.47. The van der Waals surface area contributed by atoms with Crippen molar-refractivity contribution in [2.24, 2.45) is 5.73 Å². The average molecular weight is 257 g/mol. The molecule has 0 bridgehead atoms. The zero-order valence-corrected chi connectivity index (χ0v) is 10.1. The van der Waals surface area contributed by atoms with E-state index in [1.54, 1.807) is 15.8 Å². The van der Waals surface area contributed by atoms with Gasteiger partial charge in [0.2, 0.25) is 0 Å². The Labute approximate surface area is 102 Å². The molecule has 86 valence electrons. The Morgan fingerprint density at radius 3 is 3.19 bits per heavy atom. The van der Waals surface area contributed by atoms with Crippen LogP contribution < -0.4 is 5.73 Å². The van der Waals surface area contributed by atoms with Gasteiger partial charge in [-0.05, 0) is 0 Å². The summed E-state index contributed by atoms with van der Waals surface area (Å²) in [7, 11) is 0. The van der Waals surface area contributed by atoms with Crippen molar-refractivity contribution in [3.63, 3.8) is 0 Å². The second-order valence-corrected chi connectivity index (χ2v) is 4.58. The second-order valence-electron chi connectivity index (χ2n) is 3.39. The Morgan fingerprint density at radius 1 is 1.75 bits per heavy atom. The minimum absolute atomic E-state index is 0.0919. The first-order valence-electron chi connectivity index (χ1n) is 4.77. The third kappa shape index (κ3) is 2.37. The minimum atomic E-state index is -0.341. The molecular formula is C9H11N3O2S2. The maximum absolute atomic E-state index is 12.0. The molecule has 5 nitrogen and oxygen atoms in total. The molecule has 1 saturated heterocycles. The fourth-order valence-electron chi connectivity index (χ4n) is 1.49. The van der Waals surface area contributed by atoms with Gasteiger partial charge in [0.1, 0.15) is 16.8 Å². The third-order valence-electron chi connectivity index (χ3n) is 2.32. The summed E-state index contributed by atoms with van der Waals surface area (Å²) in [5, 5.41) is 1.73. The fourth-order valence-corrected chi connectivity index (χ4v) is 2.15. The molecule has 1 fully saturated rings. The largest absolute Gasteiger partial charge is 0.391 e. The van der Waals surface area contributed by atoms with Gasteiger partial charge in [0.15, 0.2) is 0 Å². The van der Waals surface area contributed by atoms with Crippen molar-refractivity contribution in [3.8, 4) is 0 Å². The van der Waals surface area contributed by atoms with Gasteiger partial charge in [0.25, 0.3) is 5.91 Å². The lowest BCUT2D eigenvalue weighted by molar-refractivity contribution is 0.00854. The number of thiazole rings is 1. The summed E-state index contributed by atoms with van der Waals surface area (Å²) in [6, 6.07) is 0. The van der Waals surface area contributed by atoms with Crippen LogP contribution >= 0.6 is 23.6 Å². The van der Waals surface area contributed by atoms with E-state index in [9.17, 15) is 4.79 Å². The molecule has 2 heterocycles. The summed E-state index contributed by atoms with van der Waals surface area (Å²) >= 11 is 6.25. The highest BCUT2D eigenvalue weighted by Crippen LogP contribution is 2.11. The molecule has 1 aliphatic rings. The zero-order valence-electron chi connectivity index (χ0n) is 8.46. The highest BCUT2D eigenvalue weighted by Gasteiger charge is 2.27. The van der Waals surface area contributed by atoms with Crippen molar-refractivity contribution in [2.45, 2.75) is 6.10 Å². The lowest BCUT2D eigenvalue weighted by Gasteiger charge is -2.31. The predicted molar refractivity (Wildman–Crippen MR) is 64.5 cm³/mol. The number of thiocarbonyl (C=S) groups is 1. The first kappa shape index (κ1) is 11.4. The molecule has 1 unspecified atom stereocenters. The van der Waals surface area contributed by atoms with Crippen LogP contribution in [0.3, 0.4) is 0 Å². The number of aromatic nitrogens is 1. The van der Waals surface area contributed by atoms with E-state index in [1.165, 1.54) is 11.3 Å². The summed E-state index contributed by atoms with van der Waals surface area (Å²) in [5.74, 6) is -0.0919. The number of nitrogens with two attached hydrogens (primary N) is 1. The number of amides is 1. The fraction of sp³-hybridized carbons (Fsp3) is 0.444. The smallest absolute Gasteiger partial charge is 0.273 e.